The van der Waals surface area contributed by atoms with Crippen LogP contribution in [-0.2, 0) is 51.1 Å². The number of phosphoric ester groups is 2. The second-order valence-electron chi connectivity index (χ2n) is 18.5. The molecule has 1 fully saturated rings. The first kappa shape index (κ1) is 62.1. The lowest BCUT2D eigenvalue weighted by Gasteiger charge is -2.39. The van der Waals surface area contributed by atoms with Crippen LogP contribution >= 0.6 is 15.6 Å². The fourth-order valence-electron chi connectivity index (χ4n) is 8.30. The van der Waals surface area contributed by atoms with E-state index in [1.165, 1.54) is 69.6 Å². The van der Waals surface area contributed by atoms with E-state index in [9.17, 15) is 58.5 Å². The molecule has 2 unspecified atom stereocenters. The lowest BCUT2D eigenvalue weighted by atomic mass is 9.83. The van der Waals surface area contributed by atoms with Crippen LogP contribution in [0.5, 0.6) is 0 Å². The second kappa shape index (κ2) is 33.6. The van der Waals surface area contributed by atoms with E-state index in [-0.39, 0.29) is 37.9 Å². The summed E-state index contributed by atoms with van der Waals surface area (Å²) in [6, 6.07) is 1.23. The van der Waals surface area contributed by atoms with E-state index in [4.69, 9.17) is 29.0 Å². The van der Waals surface area contributed by atoms with Crippen LogP contribution in [0.25, 0.3) is 0 Å². The molecular formula is C48H81N3O18P2. The van der Waals surface area contributed by atoms with Gasteiger partial charge in [-0.1, -0.05) is 134 Å². The Hall–Kier alpha value is -3.17. The number of ether oxygens (including phenoxy) is 3. The number of nitrogens with zero attached hydrogens (tertiary/aromatic N) is 2. The van der Waals surface area contributed by atoms with Crippen molar-refractivity contribution in [3.05, 3.63) is 47.1 Å². The molecule has 23 heteroatoms. The highest BCUT2D eigenvalue weighted by molar-refractivity contribution is 7.61. The zero-order valence-electron chi connectivity index (χ0n) is 41.5. The Bertz CT molecular complexity index is 1950. The molecule has 3 heterocycles. The molecule has 11 atom stereocenters. The monoisotopic (exact) mass is 1050 g/mol. The summed E-state index contributed by atoms with van der Waals surface area (Å²) in [6.07, 6.45) is 11.7. The first-order chi connectivity index (χ1) is 33.9. The number of aliphatic hydroxyl groups is 4. The van der Waals surface area contributed by atoms with Crippen LogP contribution in [-0.4, -0.2) is 114 Å². The minimum atomic E-state index is -5.72. The van der Waals surface area contributed by atoms with Crippen LogP contribution in [0, 0.1) is 11.8 Å². The Balaban J connectivity index is 1.82. The first-order valence-corrected chi connectivity index (χ1v) is 28.4. The average Bonchev–Trinajstić information content (AvgIpc) is 3.30. The number of cyclic esters (lactones) is 1. The summed E-state index contributed by atoms with van der Waals surface area (Å²) >= 11 is 0. The van der Waals surface area contributed by atoms with Gasteiger partial charge >= 0.3 is 33.3 Å². The Kier molecular flexibility index (Phi) is 29.4. The SMILES string of the molecule is CCCCCCCCCCCCCCCC(=O)OC[C@@H]1COP(=O)(O)OP(=O)(O)OC[C@H]2O[C@@H](n3ccc(N)nc3=O)[C@@H](CC=CCCCC(=O)O1)[C@@H](O)CC(=O)[C@H](C=C[C@@H](O)CCCCC)[C@H](O)[C@@H]2O. The summed E-state index contributed by atoms with van der Waals surface area (Å²) in [5.41, 5.74) is 4.74. The molecule has 406 valence electrons. The van der Waals surface area contributed by atoms with Gasteiger partial charge in [0.25, 0.3) is 0 Å². The topological polar surface area (TPSA) is 323 Å². The van der Waals surface area contributed by atoms with E-state index in [2.05, 4.69) is 16.2 Å². The van der Waals surface area contributed by atoms with Crippen LogP contribution in [0.3, 0.4) is 0 Å². The summed E-state index contributed by atoms with van der Waals surface area (Å²) < 4.78 is 58.8. The number of rotatable bonds is 23. The van der Waals surface area contributed by atoms with Gasteiger partial charge in [-0.05, 0) is 38.2 Å². The van der Waals surface area contributed by atoms with Gasteiger partial charge in [0.15, 0.2) is 6.10 Å². The van der Waals surface area contributed by atoms with Gasteiger partial charge in [0, 0.05) is 31.4 Å². The van der Waals surface area contributed by atoms with Gasteiger partial charge in [0.1, 0.15) is 36.6 Å². The number of nitrogen functional groups attached to an aromatic ring is 1. The molecule has 1 aromatic rings. The number of unbranched alkanes of at least 4 members (excludes halogenated alkanes) is 14. The number of carbonyl (C=O) groups excluding carboxylic acids is 3. The van der Waals surface area contributed by atoms with Crippen LogP contribution in [0.1, 0.15) is 168 Å². The van der Waals surface area contributed by atoms with Crippen molar-refractivity contribution >= 4 is 39.2 Å². The molecule has 0 radical (unpaired) electrons. The molecule has 8 N–H and O–H groups in total. The van der Waals surface area contributed by atoms with Crippen molar-refractivity contribution in [2.45, 2.75) is 204 Å². The van der Waals surface area contributed by atoms with Crippen LogP contribution < -0.4 is 11.4 Å². The number of nitrogens with two attached hydrogens (primary N) is 1. The number of phosphoric acid groups is 2. The molecule has 1 aromatic heterocycles. The van der Waals surface area contributed by atoms with Crippen molar-refractivity contribution in [1.82, 2.24) is 9.55 Å². The van der Waals surface area contributed by atoms with E-state index in [1.807, 2.05) is 6.92 Å². The first-order valence-electron chi connectivity index (χ1n) is 25.5. The van der Waals surface area contributed by atoms with Crippen molar-refractivity contribution in [1.29, 1.82) is 0 Å². The molecule has 2 aliphatic rings. The van der Waals surface area contributed by atoms with E-state index < -0.39 is 120 Å². The zero-order chi connectivity index (χ0) is 52.2. The molecular weight excluding hydrogens is 968 g/mol. The molecule has 0 amide bonds. The third-order valence-electron chi connectivity index (χ3n) is 12.4. The zero-order valence-corrected chi connectivity index (χ0v) is 43.3. The van der Waals surface area contributed by atoms with E-state index in [1.54, 1.807) is 12.2 Å². The molecule has 2 aliphatic heterocycles. The largest absolute Gasteiger partial charge is 0.481 e. The molecule has 2 bridgehead atoms. The van der Waals surface area contributed by atoms with E-state index in [0.29, 0.717) is 19.3 Å². The van der Waals surface area contributed by atoms with Gasteiger partial charge in [-0.25, -0.2) is 13.9 Å². The molecule has 0 aromatic carbocycles. The Morgan fingerprint density at radius 2 is 1.48 bits per heavy atom. The number of ketones is 1. The standard InChI is InChI=1S/C48H81N3O18P2/c1-3-5-7-8-9-10-11-12-13-14-15-16-21-25-43(55)64-32-36-33-65-70(60,61)69-71(62,63)66-34-41-46(58)45(57)37(28-27-35(52)23-19-6-4-2)39(53)31-40(54)38(24-20-17-18-22-26-44(56)67-36)47(68-41)51-30-29-42(49)50-48(51)59/h17,20,27-30,35-38,40-41,45-47,52,54,57-58H,3-16,18-19,21-26,31-34H2,1-2H3,(H,60,61)(H,62,63)(H2,49,50,59)/t35-,36+,37-,38-,40-,41+,45-,46+,47+/m0/s1. The van der Waals surface area contributed by atoms with Crippen LogP contribution in [0.4, 0.5) is 5.82 Å². The molecule has 1 saturated heterocycles. The van der Waals surface area contributed by atoms with Crippen LogP contribution in [0.15, 0.2) is 41.4 Å². The minimum absolute atomic E-state index is 0.0802. The third kappa shape index (κ3) is 24.6. The fraction of sp³-hybridized carbons (Fsp3) is 0.771. The highest BCUT2D eigenvalue weighted by atomic mass is 31.3. The van der Waals surface area contributed by atoms with Gasteiger partial charge < -0.3 is 50.2 Å². The predicted octanol–water partition coefficient (Wildman–Crippen LogP) is 6.81. The maximum absolute atomic E-state index is 13.9. The molecule has 21 nitrogen and oxygen atoms in total. The molecule has 71 heavy (non-hydrogen) atoms. The van der Waals surface area contributed by atoms with Gasteiger partial charge in [-0.15, -0.1) is 0 Å². The summed E-state index contributed by atoms with van der Waals surface area (Å²) in [5.74, 6) is -5.19. The molecule has 3 rings (SSSR count). The third-order valence-corrected chi connectivity index (χ3v) is 15.0. The smallest absolute Gasteiger partial charge is 0.462 e. The highest BCUT2D eigenvalue weighted by Gasteiger charge is 2.45. The molecule has 0 saturated carbocycles. The summed E-state index contributed by atoms with van der Waals surface area (Å²) in [6.45, 7) is 1.45. The summed E-state index contributed by atoms with van der Waals surface area (Å²) in [5, 5.41) is 45.6. The number of hydrogen-bond donors (Lipinski definition) is 7. The Morgan fingerprint density at radius 1 is 0.873 bits per heavy atom. The maximum Gasteiger partial charge on any atom is 0.481 e. The van der Waals surface area contributed by atoms with Gasteiger partial charge in [0.2, 0.25) is 0 Å². The number of allylic oxidation sites excluding steroid dienone is 2. The van der Waals surface area contributed by atoms with Crippen molar-refractivity contribution in [3.8, 4) is 0 Å². The molecule has 0 aliphatic carbocycles. The number of anilines is 1. The minimum Gasteiger partial charge on any atom is -0.462 e. The van der Waals surface area contributed by atoms with Crippen molar-refractivity contribution < 1.29 is 81.3 Å². The summed E-state index contributed by atoms with van der Waals surface area (Å²) in [7, 11) is -11.3. The maximum atomic E-state index is 13.9. The van der Waals surface area contributed by atoms with Gasteiger partial charge in [-0.3, -0.25) is 28.0 Å². The molecule has 0 spiro atoms. The van der Waals surface area contributed by atoms with Gasteiger partial charge in [-0.2, -0.15) is 9.29 Å². The number of aliphatic hydroxyl groups excluding tert-OH is 4. The quantitative estimate of drug-likeness (QED) is 0.0256. The number of Topliss-reactive ketones (excluding diaryl/α,β-unsaturated/α-hetero) is 1. The van der Waals surface area contributed by atoms with Crippen LogP contribution in [0.2, 0.25) is 0 Å². The number of hydrogen-bond acceptors (Lipinski definition) is 18. The number of esters is 2. The number of aromatic nitrogens is 2. The number of carbonyl (C=O) groups is 3. The van der Waals surface area contributed by atoms with E-state index >= 15 is 0 Å². The summed E-state index contributed by atoms with van der Waals surface area (Å²) in [4.78, 5) is 77.9. The number of fused-ring (bicyclic) bond motifs is 3. The van der Waals surface area contributed by atoms with Gasteiger partial charge in [0.05, 0.1) is 37.4 Å². The highest BCUT2D eigenvalue weighted by Crippen LogP contribution is 2.60. The second-order valence-corrected chi connectivity index (χ2v) is 21.5. The predicted molar refractivity (Wildman–Crippen MR) is 262 cm³/mol. The van der Waals surface area contributed by atoms with Crippen molar-refractivity contribution in [3.63, 3.8) is 0 Å². The fourth-order valence-corrected chi connectivity index (χ4v) is 10.4. The van der Waals surface area contributed by atoms with Crippen molar-refractivity contribution in [2.75, 3.05) is 25.6 Å². The lowest BCUT2D eigenvalue weighted by molar-refractivity contribution is -0.186. The van der Waals surface area contributed by atoms with Crippen molar-refractivity contribution in [2.24, 2.45) is 11.8 Å². The Labute approximate surface area is 417 Å². The van der Waals surface area contributed by atoms with E-state index in [0.717, 1.165) is 49.3 Å². The Morgan fingerprint density at radius 3 is 2.11 bits per heavy atom. The average molecular weight is 1050 g/mol. The lowest BCUT2D eigenvalue weighted by Crippen LogP contribution is -2.51. The normalized spacial score (nSPS) is 29.4.